The SMILES string of the molecule is O=C(c1cnccn1)N1CCSC1c1ccccc1Cl. The molecule has 1 amide bonds. The van der Waals surface area contributed by atoms with E-state index in [-0.39, 0.29) is 11.3 Å². The highest BCUT2D eigenvalue weighted by Crippen LogP contribution is 2.41. The van der Waals surface area contributed by atoms with Crippen molar-refractivity contribution in [1.29, 1.82) is 0 Å². The van der Waals surface area contributed by atoms with Crippen molar-refractivity contribution in [2.45, 2.75) is 5.37 Å². The molecule has 0 spiro atoms. The molecule has 0 aliphatic carbocycles. The van der Waals surface area contributed by atoms with Crippen molar-refractivity contribution >= 4 is 29.3 Å². The molecule has 0 radical (unpaired) electrons. The monoisotopic (exact) mass is 305 g/mol. The summed E-state index contributed by atoms with van der Waals surface area (Å²) in [7, 11) is 0. The number of carbonyl (C=O) groups is 1. The summed E-state index contributed by atoms with van der Waals surface area (Å²) in [5.74, 6) is 0.787. The summed E-state index contributed by atoms with van der Waals surface area (Å²) in [4.78, 5) is 22.3. The molecule has 1 unspecified atom stereocenters. The Labute approximate surface area is 126 Å². The minimum atomic E-state index is -0.104. The van der Waals surface area contributed by atoms with Crippen LogP contribution in [0.2, 0.25) is 5.02 Å². The lowest BCUT2D eigenvalue weighted by Gasteiger charge is -2.24. The Kier molecular flexibility index (Phi) is 3.89. The summed E-state index contributed by atoms with van der Waals surface area (Å²) in [6, 6.07) is 7.63. The molecule has 3 rings (SSSR count). The quantitative estimate of drug-likeness (QED) is 0.855. The van der Waals surface area contributed by atoms with Crippen LogP contribution in [0.25, 0.3) is 0 Å². The second-order valence-corrected chi connectivity index (χ2v) is 5.93. The van der Waals surface area contributed by atoms with Crippen molar-refractivity contribution in [2.24, 2.45) is 0 Å². The van der Waals surface area contributed by atoms with Gasteiger partial charge >= 0.3 is 0 Å². The first-order chi connectivity index (χ1) is 9.77. The second-order valence-electron chi connectivity index (χ2n) is 4.33. The summed E-state index contributed by atoms with van der Waals surface area (Å²) < 4.78 is 0. The molecule has 0 bridgehead atoms. The van der Waals surface area contributed by atoms with Crippen molar-refractivity contribution in [3.8, 4) is 0 Å². The van der Waals surface area contributed by atoms with Crippen molar-refractivity contribution in [3.05, 3.63) is 59.1 Å². The number of nitrogens with zero attached hydrogens (tertiary/aromatic N) is 3. The zero-order chi connectivity index (χ0) is 13.9. The molecule has 0 saturated carbocycles. The molecule has 20 heavy (non-hydrogen) atoms. The molecule has 1 aromatic heterocycles. The van der Waals surface area contributed by atoms with Gasteiger partial charge in [0.25, 0.3) is 5.91 Å². The molecule has 2 heterocycles. The standard InChI is InChI=1S/C14H12ClN3OS/c15-11-4-2-1-3-10(11)14-18(7-8-20-14)13(19)12-9-16-5-6-17-12/h1-6,9,14H,7-8H2. The van der Waals surface area contributed by atoms with Crippen LogP contribution in [-0.4, -0.2) is 33.1 Å². The lowest BCUT2D eigenvalue weighted by molar-refractivity contribution is 0.0754. The van der Waals surface area contributed by atoms with E-state index >= 15 is 0 Å². The van der Waals surface area contributed by atoms with E-state index in [2.05, 4.69) is 9.97 Å². The van der Waals surface area contributed by atoms with Gasteiger partial charge in [-0.1, -0.05) is 29.8 Å². The highest BCUT2D eigenvalue weighted by molar-refractivity contribution is 7.99. The van der Waals surface area contributed by atoms with E-state index in [9.17, 15) is 4.79 Å². The Morgan fingerprint density at radius 3 is 2.95 bits per heavy atom. The van der Waals surface area contributed by atoms with Gasteiger partial charge in [-0.2, -0.15) is 0 Å². The van der Waals surface area contributed by atoms with Gasteiger partial charge < -0.3 is 4.90 Å². The highest BCUT2D eigenvalue weighted by atomic mass is 35.5. The number of benzene rings is 1. The van der Waals surface area contributed by atoms with Crippen LogP contribution >= 0.6 is 23.4 Å². The van der Waals surface area contributed by atoms with Crippen LogP contribution in [0.4, 0.5) is 0 Å². The molecule has 102 valence electrons. The maximum absolute atomic E-state index is 12.5. The first kappa shape index (κ1) is 13.4. The molecule has 2 aromatic rings. The number of carbonyl (C=O) groups excluding carboxylic acids is 1. The molecule has 1 fully saturated rings. The Morgan fingerprint density at radius 1 is 1.35 bits per heavy atom. The maximum Gasteiger partial charge on any atom is 0.275 e. The largest absolute Gasteiger partial charge is 0.320 e. The average Bonchev–Trinajstić information content (AvgIpc) is 2.97. The van der Waals surface area contributed by atoms with E-state index < -0.39 is 0 Å². The predicted molar refractivity (Wildman–Crippen MR) is 79.7 cm³/mol. The van der Waals surface area contributed by atoms with Crippen LogP contribution in [0.15, 0.2) is 42.9 Å². The molecule has 0 N–H and O–H groups in total. The van der Waals surface area contributed by atoms with Crippen LogP contribution in [0.3, 0.4) is 0 Å². The molecule has 4 nitrogen and oxygen atoms in total. The minimum Gasteiger partial charge on any atom is -0.320 e. The lowest BCUT2D eigenvalue weighted by atomic mass is 10.2. The first-order valence-corrected chi connectivity index (χ1v) is 7.63. The third kappa shape index (κ3) is 2.51. The van der Waals surface area contributed by atoms with Gasteiger partial charge in [-0.3, -0.25) is 9.78 Å². The number of thioether (sulfide) groups is 1. The fraction of sp³-hybridized carbons (Fsp3) is 0.214. The van der Waals surface area contributed by atoms with Gasteiger partial charge in [-0.15, -0.1) is 11.8 Å². The molecule has 6 heteroatoms. The van der Waals surface area contributed by atoms with Crippen LogP contribution in [-0.2, 0) is 0 Å². The van der Waals surface area contributed by atoms with Crippen LogP contribution in [0.1, 0.15) is 21.4 Å². The van der Waals surface area contributed by atoms with Crippen molar-refractivity contribution in [3.63, 3.8) is 0 Å². The average molecular weight is 306 g/mol. The lowest BCUT2D eigenvalue weighted by Crippen LogP contribution is -2.31. The highest BCUT2D eigenvalue weighted by Gasteiger charge is 2.32. The number of rotatable bonds is 2. The van der Waals surface area contributed by atoms with E-state index in [0.29, 0.717) is 17.3 Å². The molecular weight excluding hydrogens is 294 g/mol. The van der Waals surface area contributed by atoms with E-state index in [1.807, 2.05) is 24.3 Å². The Hall–Kier alpha value is -1.59. The predicted octanol–water partition coefficient (Wildman–Crippen LogP) is 3.02. The maximum atomic E-state index is 12.5. The van der Waals surface area contributed by atoms with Crippen LogP contribution in [0, 0.1) is 0 Å². The number of aromatic nitrogens is 2. The molecule has 1 aliphatic rings. The second kappa shape index (κ2) is 5.81. The Bertz CT molecular complexity index is 623. The van der Waals surface area contributed by atoms with Crippen molar-refractivity contribution in [1.82, 2.24) is 14.9 Å². The van der Waals surface area contributed by atoms with Crippen LogP contribution < -0.4 is 0 Å². The summed E-state index contributed by atoms with van der Waals surface area (Å²) in [6.45, 7) is 0.690. The summed E-state index contributed by atoms with van der Waals surface area (Å²) in [5, 5.41) is 0.627. The van der Waals surface area contributed by atoms with Gasteiger partial charge in [0, 0.05) is 35.3 Å². The Balaban J connectivity index is 1.90. The number of hydrogen-bond acceptors (Lipinski definition) is 4. The van der Waals surface area contributed by atoms with Gasteiger partial charge in [0.2, 0.25) is 0 Å². The smallest absolute Gasteiger partial charge is 0.275 e. The zero-order valence-electron chi connectivity index (χ0n) is 10.6. The summed E-state index contributed by atoms with van der Waals surface area (Å²) in [5.41, 5.74) is 1.33. The zero-order valence-corrected chi connectivity index (χ0v) is 12.1. The third-order valence-electron chi connectivity index (χ3n) is 3.11. The van der Waals surface area contributed by atoms with Gasteiger partial charge in [-0.05, 0) is 6.07 Å². The van der Waals surface area contributed by atoms with E-state index in [0.717, 1.165) is 11.3 Å². The molecule has 1 saturated heterocycles. The topological polar surface area (TPSA) is 46.1 Å². The third-order valence-corrected chi connectivity index (χ3v) is 4.69. The van der Waals surface area contributed by atoms with E-state index in [1.54, 1.807) is 22.9 Å². The minimum absolute atomic E-state index is 0.0572. The fourth-order valence-corrected chi connectivity index (χ4v) is 3.76. The molecular formula is C14H12ClN3OS. The van der Waals surface area contributed by atoms with Gasteiger partial charge in [0.1, 0.15) is 11.1 Å². The van der Waals surface area contributed by atoms with Gasteiger partial charge in [-0.25, -0.2) is 4.98 Å². The molecule has 1 atom stereocenters. The molecule has 1 aliphatic heterocycles. The van der Waals surface area contributed by atoms with Gasteiger partial charge in [0.05, 0.1) is 6.20 Å². The van der Waals surface area contributed by atoms with E-state index in [4.69, 9.17) is 11.6 Å². The summed E-state index contributed by atoms with van der Waals surface area (Å²) in [6.07, 6.45) is 4.58. The number of halogens is 1. The van der Waals surface area contributed by atoms with Crippen molar-refractivity contribution in [2.75, 3.05) is 12.3 Å². The number of amides is 1. The summed E-state index contributed by atoms with van der Waals surface area (Å²) >= 11 is 7.95. The Morgan fingerprint density at radius 2 is 2.20 bits per heavy atom. The fourth-order valence-electron chi connectivity index (χ4n) is 2.17. The van der Waals surface area contributed by atoms with Gasteiger partial charge in [0.15, 0.2) is 0 Å². The van der Waals surface area contributed by atoms with Crippen molar-refractivity contribution < 1.29 is 4.79 Å². The first-order valence-electron chi connectivity index (χ1n) is 6.20. The molecule has 1 aromatic carbocycles. The van der Waals surface area contributed by atoms with Crippen LogP contribution in [0.5, 0.6) is 0 Å². The van der Waals surface area contributed by atoms with E-state index in [1.165, 1.54) is 12.4 Å². The number of hydrogen-bond donors (Lipinski definition) is 0. The normalized spacial score (nSPS) is 18.2.